The van der Waals surface area contributed by atoms with Gasteiger partial charge in [-0.1, -0.05) is 19.1 Å². The standard InChI is InChI=1S/C20H18ClNO4/c1-2-12-3-6-14(7-4-12)26-19-8-5-13(11-22-19)20(25)15-9-18(24)16(21)10-17(15)23/h3-9,11,16,24-25H,2,10H2,1H3/b20-15-. The van der Waals surface area contributed by atoms with Gasteiger partial charge in [-0.2, -0.15) is 0 Å². The van der Waals surface area contributed by atoms with E-state index < -0.39 is 5.38 Å². The molecule has 1 atom stereocenters. The number of hydrogen-bond acceptors (Lipinski definition) is 5. The van der Waals surface area contributed by atoms with Crippen molar-refractivity contribution in [1.82, 2.24) is 4.98 Å². The average molecular weight is 372 g/mol. The summed E-state index contributed by atoms with van der Waals surface area (Å²) >= 11 is 5.82. The van der Waals surface area contributed by atoms with E-state index >= 15 is 0 Å². The molecule has 0 saturated carbocycles. The quantitative estimate of drug-likeness (QED) is 0.461. The molecule has 0 amide bonds. The van der Waals surface area contributed by atoms with Crippen LogP contribution in [0.15, 0.2) is 60.0 Å². The summed E-state index contributed by atoms with van der Waals surface area (Å²) in [5.74, 6) is 0.294. The smallest absolute Gasteiger partial charge is 0.219 e. The Labute approximate surface area is 156 Å². The lowest BCUT2D eigenvalue weighted by Crippen LogP contribution is -2.19. The fraction of sp³-hybridized carbons (Fsp3) is 0.200. The highest BCUT2D eigenvalue weighted by atomic mass is 35.5. The maximum Gasteiger partial charge on any atom is 0.219 e. The second-order valence-corrected chi connectivity index (χ2v) is 6.44. The molecule has 1 heterocycles. The first-order valence-electron chi connectivity index (χ1n) is 8.22. The third kappa shape index (κ3) is 3.89. The molecule has 0 radical (unpaired) electrons. The van der Waals surface area contributed by atoms with Gasteiger partial charge in [0.05, 0.1) is 11.0 Å². The third-order valence-corrected chi connectivity index (χ3v) is 4.47. The van der Waals surface area contributed by atoms with E-state index in [0.717, 1.165) is 6.42 Å². The summed E-state index contributed by atoms with van der Waals surface area (Å²) < 4.78 is 5.67. The Morgan fingerprint density at radius 1 is 1.27 bits per heavy atom. The van der Waals surface area contributed by atoms with Crippen molar-refractivity contribution in [2.24, 2.45) is 0 Å². The minimum Gasteiger partial charge on any atom is -0.511 e. The largest absolute Gasteiger partial charge is 0.511 e. The predicted octanol–water partition coefficient (Wildman–Crippen LogP) is 4.73. The molecule has 0 saturated heterocycles. The van der Waals surface area contributed by atoms with E-state index in [1.807, 2.05) is 24.3 Å². The Kier molecular flexibility index (Phi) is 5.28. The van der Waals surface area contributed by atoms with Gasteiger partial charge in [-0.3, -0.25) is 4.79 Å². The van der Waals surface area contributed by atoms with Crippen molar-refractivity contribution in [3.8, 4) is 11.6 Å². The summed E-state index contributed by atoms with van der Waals surface area (Å²) in [6, 6.07) is 10.9. The van der Waals surface area contributed by atoms with Crippen LogP contribution in [-0.4, -0.2) is 26.4 Å². The number of aliphatic hydroxyl groups excluding tert-OH is 2. The number of carbonyl (C=O) groups excluding carboxylic acids is 1. The number of aryl methyl sites for hydroxylation is 1. The Morgan fingerprint density at radius 3 is 2.62 bits per heavy atom. The van der Waals surface area contributed by atoms with E-state index in [1.165, 1.54) is 17.8 Å². The number of carbonyl (C=O) groups is 1. The normalized spacial score (nSPS) is 19.1. The summed E-state index contributed by atoms with van der Waals surface area (Å²) in [6.07, 6.45) is 3.49. The van der Waals surface area contributed by atoms with Gasteiger partial charge < -0.3 is 14.9 Å². The van der Waals surface area contributed by atoms with E-state index in [1.54, 1.807) is 12.1 Å². The summed E-state index contributed by atoms with van der Waals surface area (Å²) in [4.78, 5) is 16.2. The lowest BCUT2D eigenvalue weighted by molar-refractivity contribution is -0.115. The number of Topliss-reactive ketones (excluding diaryl/α,β-unsaturated/α-hetero) is 1. The fourth-order valence-corrected chi connectivity index (χ4v) is 2.75. The topological polar surface area (TPSA) is 79.6 Å². The minimum absolute atomic E-state index is 0.0185. The van der Waals surface area contributed by atoms with Crippen molar-refractivity contribution in [3.63, 3.8) is 0 Å². The van der Waals surface area contributed by atoms with Crippen molar-refractivity contribution < 1.29 is 19.7 Å². The van der Waals surface area contributed by atoms with Crippen LogP contribution < -0.4 is 4.74 Å². The molecular weight excluding hydrogens is 354 g/mol. The Hall–Kier alpha value is -2.79. The number of halogens is 1. The number of benzene rings is 1. The monoisotopic (exact) mass is 371 g/mol. The molecule has 1 unspecified atom stereocenters. The van der Waals surface area contributed by atoms with Gasteiger partial charge in [0.1, 0.15) is 17.3 Å². The SMILES string of the molecule is CCc1ccc(Oc2ccc(/C(O)=C3\C=C(O)C(Cl)CC3=O)cn2)cc1. The number of ether oxygens (including phenoxy) is 1. The molecule has 134 valence electrons. The van der Waals surface area contributed by atoms with E-state index in [0.29, 0.717) is 17.2 Å². The maximum absolute atomic E-state index is 12.0. The number of allylic oxidation sites excluding steroid dienone is 3. The number of ketones is 1. The van der Waals surface area contributed by atoms with Gasteiger partial charge in [0.25, 0.3) is 0 Å². The molecule has 0 spiro atoms. The van der Waals surface area contributed by atoms with Crippen LogP contribution in [0.1, 0.15) is 24.5 Å². The van der Waals surface area contributed by atoms with Crippen LogP contribution in [0.25, 0.3) is 5.76 Å². The highest BCUT2D eigenvalue weighted by Gasteiger charge is 2.26. The lowest BCUT2D eigenvalue weighted by Gasteiger charge is -2.16. The van der Waals surface area contributed by atoms with Gasteiger partial charge in [0.15, 0.2) is 5.78 Å². The van der Waals surface area contributed by atoms with Crippen molar-refractivity contribution in [2.45, 2.75) is 25.1 Å². The molecule has 26 heavy (non-hydrogen) atoms. The Balaban J connectivity index is 1.80. The number of hydrogen-bond donors (Lipinski definition) is 2. The van der Waals surface area contributed by atoms with Gasteiger partial charge in [-0.05, 0) is 36.3 Å². The maximum atomic E-state index is 12.0. The number of alkyl halides is 1. The highest BCUT2D eigenvalue weighted by Crippen LogP contribution is 2.28. The molecule has 0 fully saturated rings. The lowest BCUT2D eigenvalue weighted by atomic mass is 9.96. The first-order chi connectivity index (χ1) is 12.5. The van der Waals surface area contributed by atoms with Crippen LogP contribution in [0, 0.1) is 0 Å². The fourth-order valence-electron chi connectivity index (χ4n) is 2.55. The molecule has 6 heteroatoms. The van der Waals surface area contributed by atoms with Crippen LogP contribution >= 0.6 is 11.6 Å². The van der Waals surface area contributed by atoms with Gasteiger partial charge in [-0.25, -0.2) is 4.98 Å². The van der Waals surface area contributed by atoms with Crippen LogP contribution in [-0.2, 0) is 11.2 Å². The first-order valence-corrected chi connectivity index (χ1v) is 8.66. The molecule has 3 rings (SSSR count). The summed E-state index contributed by atoms with van der Waals surface area (Å²) in [5.41, 5.74) is 1.58. The Bertz CT molecular complexity index is 870. The number of rotatable bonds is 4. The zero-order valence-corrected chi connectivity index (χ0v) is 14.9. The molecule has 1 aromatic heterocycles. The van der Waals surface area contributed by atoms with E-state index in [4.69, 9.17) is 16.3 Å². The van der Waals surface area contributed by atoms with Gasteiger partial charge in [-0.15, -0.1) is 11.6 Å². The number of aromatic nitrogens is 1. The average Bonchev–Trinajstić information content (AvgIpc) is 2.65. The molecule has 0 bridgehead atoms. The summed E-state index contributed by atoms with van der Waals surface area (Å²) in [6.45, 7) is 2.08. The van der Waals surface area contributed by atoms with Gasteiger partial charge in [0, 0.05) is 24.2 Å². The van der Waals surface area contributed by atoms with E-state index in [2.05, 4.69) is 11.9 Å². The molecule has 1 aliphatic rings. The molecular formula is C20H18ClNO4. The molecule has 2 N–H and O–H groups in total. The van der Waals surface area contributed by atoms with Gasteiger partial charge in [0.2, 0.25) is 5.88 Å². The molecule has 1 aliphatic carbocycles. The number of nitrogens with zero attached hydrogens (tertiary/aromatic N) is 1. The summed E-state index contributed by atoms with van der Waals surface area (Å²) in [7, 11) is 0. The van der Waals surface area contributed by atoms with E-state index in [-0.39, 0.29) is 29.3 Å². The van der Waals surface area contributed by atoms with Crippen LogP contribution in [0.2, 0.25) is 0 Å². The number of aliphatic hydroxyl groups is 2. The van der Waals surface area contributed by atoms with Crippen molar-refractivity contribution in [3.05, 3.63) is 71.1 Å². The zero-order chi connectivity index (χ0) is 18.7. The highest BCUT2D eigenvalue weighted by molar-refractivity contribution is 6.25. The molecule has 2 aromatic rings. The minimum atomic E-state index is -0.757. The van der Waals surface area contributed by atoms with Crippen LogP contribution in [0.5, 0.6) is 11.6 Å². The Morgan fingerprint density at radius 2 is 2.00 bits per heavy atom. The third-order valence-electron chi connectivity index (χ3n) is 4.10. The summed E-state index contributed by atoms with van der Waals surface area (Å²) in [5, 5.41) is 19.3. The van der Waals surface area contributed by atoms with Crippen molar-refractivity contribution >= 4 is 23.1 Å². The second kappa shape index (κ2) is 7.62. The molecule has 0 aliphatic heterocycles. The predicted molar refractivity (Wildman–Crippen MR) is 99.7 cm³/mol. The first kappa shape index (κ1) is 18.0. The second-order valence-electron chi connectivity index (χ2n) is 5.91. The zero-order valence-electron chi connectivity index (χ0n) is 14.1. The van der Waals surface area contributed by atoms with Crippen LogP contribution in [0.4, 0.5) is 0 Å². The van der Waals surface area contributed by atoms with Crippen LogP contribution in [0.3, 0.4) is 0 Å². The van der Waals surface area contributed by atoms with E-state index in [9.17, 15) is 15.0 Å². The number of pyridine rings is 1. The van der Waals surface area contributed by atoms with Crippen molar-refractivity contribution in [1.29, 1.82) is 0 Å². The van der Waals surface area contributed by atoms with Crippen molar-refractivity contribution in [2.75, 3.05) is 0 Å². The molecule has 5 nitrogen and oxygen atoms in total. The van der Waals surface area contributed by atoms with Gasteiger partial charge >= 0.3 is 0 Å². The molecule has 1 aromatic carbocycles.